The van der Waals surface area contributed by atoms with Crippen LogP contribution in [-0.4, -0.2) is 35.6 Å². The summed E-state index contributed by atoms with van der Waals surface area (Å²) >= 11 is 0. The number of benzene rings is 1. The van der Waals surface area contributed by atoms with Crippen LogP contribution in [0.15, 0.2) is 48.8 Å². The molecule has 5 heteroatoms. The van der Waals surface area contributed by atoms with Crippen LogP contribution in [0.1, 0.15) is 65.7 Å². The molecule has 0 saturated carbocycles. The van der Waals surface area contributed by atoms with Crippen molar-refractivity contribution >= 4 is 0 Å². The molecule has 5 rings (SSSR count). The Labute approximate surface area is 186 Å². The molecular weight excluding hydrogens is 382 g/mol. The van der Waals surface area contributed by atoms with E-state index in [1.165, 1.54) is 40.8 Å². The second-order valence-electron chi connectivity index (χ2n) is 9.66. The number of aromatic nitrogens is 1. The molecule has 2 aromatic rings. The Morgan fingerprint density at radius 2 is 2.06 bits per heavy atom. The zero-order valence-electron chi connectivity index (χ0n) is 18.6. The van der Waals surface area contributed by atoms with Gasteiger partial charge < -0.3 is 16.4 Å². The first-order valence-corrected chi connectivity index (χ1v) is 11.8. The van der Waals surface area contributed by atoms with Crippen molar-refractivity contribution in [2.24, 2.45) is 5.73 Å². The van der Waals surface area contributed by atoms with Crippen LogP contribution in [0.25, 0.3) is 0 Å². The van der Waals surface area contributed by atoms with E-state index in [-0.39, 0.29) is 12.1 Å². The molecule has 3 heterocycles. The second-order valence-corrected chi connectivity index (χ2v) is 9.66. The number of rotatable bonds is 4. The summed E-state index contributed by atoms with van der Waals surface area (Å²) in [7, 11) is 2.27. The monoisotopic (exact) mass is 417 g/mol. The molecule has 0 bridgehead atoms. The van der Waals surface area contributed by atoms with Crippen molar-refractivity contribution in [3.8, 4) is 0 Å². The molecule has 4 N–H and O–H groups in total. The van der Waals surface area contributed by atoms with Crippen LogP contribution < -0.4 is 16.4 Å². The van der Waals surface area contributed by atoms with Crippen LogP contribution in [0, 0.1) is 0 Å². The maximum Gasteiger partial charge on any atom is 0.0607 e. The molecule has 0 radical (unpaired) electrons. The summed E-state index contributed by atoms with van der Waals surface area (Å²) in [5.74, 6) is 0. The Hall–Kier alpha value is -2.21. The normalized spacial score (nSPS) is 28.0. The zero-order valence-corrected chi connectivity index (χ0v) is 18.6. The number of nitrogens with one attached hydrogen (secondary N) is 2. The van der Waals surface area contributed by atoms with Crippen molar-refractivity contribution in [3.05, 3.63) is 76.8 Å². The van der Waals surface area contributed by atoms with Gasteiger partial charge in [0, 0.05) is 43.5 Å². The van der Waals surface area contributed by atoms with Gasteiger partial charge >= 0.3 is 0 Å². The third-order valence-corrected chi connectivity index (χ3v) is 7.35. The van der Waals surface area contributed by atoms with Crippen LogP contribution in [0.2, 0.25) is 0 Å². The lowest BCUT2D eigenvalue weighted by Gasteiger charge is -2.38. The fourth-order valence-corrected chi connectivity index (χ4v) is 5.86. The highest BCUT2D eigenvalue weighted by Gasteiger charge is 2.30. The minimum atomic E-state index is 0.192. The van der Waals surface area contributed by atoms with Gasteiger partial charge in [-0.15, -0.1) is 0 Å². The molecule has 1 aliphatic carbocycles. The number of hydrogen-bond donors (Lipinski definition) is 3. The fourth-order valence-electron chi connectivity index (χ4n) is 5.86. The maximum absolute atomic E-state index is 6.32. The van der Waals surface area contributed by atoms with Crippen LogP contribution in [0.4, 0.5) is 0 Å². The summed E-state index contributed by atoms with van der Waals surface area (Å²) in [6.45, 7) is 6.12. The van der Waals surface area contributed by atoms with E-state index in [4.69, 9.17) is 10.7 Å². The van der Waals surface area contributed by atoms with E-state index in [2.05, 4.69) is 59.5 Å². The van der Waals surface area contributed by atoms with Gasteiger partial charge in [0.15, 0.2) is 0 Å². The van der Waals surface area contributed by atoms with Crippen molar-refractivity contribution < 1.29 is 0 Å². The first kappa shape index (κ1) is 20.7. The highest BCUT2D eigenvalue weighted by Crippen LogP contribution is 2.34. The largest absolute Gasteiger partial charge is 0.382 e. The minimum Gasteiger partial charge on any atom is -0.382 e. The number of aryl methyl sites for hydroxylation is 1. The lowest BCUT2D eigenvalue weighted by molar-refractivity contribution is 0.190. The van der Waals surface area contributed by atoms with Gasteiger partial charge in [-0.05, 0) is 67.5 Å². The van der Waals surface area contributed by atoms with Gasteiger partial charge in [0.1, 0.15) is 0 Å². The molecular formula is C26H35N5. The number of likely N-dealkylation sites (N-methyl/N-ethyl adjacent to an activating group) is 1. The fraction of sp³-hybridized carbons (Fsp3) is 0.500. The molecule has 1 saturated heterocycles. The third kappa shape index (κ3) is 4.27. The van der Waals surface area contributed by atoms with Crippen LogP contribution >= 0.6 is 0 Å². The Morgan fingerprint density at radius 1 is 1.19 bits per heavy atom. The minimum absolute atomic E-state index is 0.192. The van der Waals surface area contributed by atoms with E-state index in [9.17, 15) is 0 Å². The van der Waals surface area contributed by atoms with Crippen molar-refractivity contribution in [2.45, 2.75) is 69.2 Å². The Morgan fingerprint density at radius 3 is 2.94 bits per heavy atom. The molecule has 2 aliphatic heterocycles. The molecule has 2 unspecified atom stereocenters. The van der Waals surface area contributed by atoms with Crippen molar-refractivity contribution in [1.29, 1.82) is 0 Å². The van der Waals surface area contributed by atoms with Crippen LogP contribution in [0.3, 0.4) is 0 Å². The highest BCUT2D eigenvalue weighted by atomic mass is 15.2. The molecule has 1 aromatic heterocycles. The van der Waals surface area contributed by atoms with Crippen molar-refractivity contribution in [1.82, 2.24) is 20.5 Å². The van der Waals surface area contributed by atoms with Gasteiger partial charge in [-0.25, -0.2) is 0 Å². The van der Waals surface area contributed by atoms with Gasteiger partial charge in [0.25, 0.3) is 0 Å². The molecule has 3 aliphatic rings. The van der Waals surface area contributed by atoms with E-state index in [1.807, 2.05) is 6.20 Å². The third-order valence-electron chi connectivity index (χ3n) is 7.35. The highest BCUT2D eigenvalue weighted by molar-refractivity contribution is 5.40. The van der Waals surface area contributed by atoms with Crippen LogP contribution in [0.5, 0.6) is 0 Å². The molecule has 4 atom stereocenters. The molecule has 31 heavy (non-hydrogen) atoms. The first-order valence-electron chi connectivity index (χ1n) is 11.8. The average molecular weight is 418 g/mol. The van der Waals surface area contributed by atoms with E-state index in [1.54, 1.807) is 0 Å². The molecule has 1 fully saturated rings. The predicted molar refractivity (Wildman–Crippen MR) is 126 cm³/mol. The Bertz CT molecular complexity index is 955. The Kier molecular flexibility index (Phi) is 5.83. The molecule has 1 aromatic carbocycles. The van der Waals surface area contributed by atoms with Crippen molar-refractivity contribution in [2.75, 3.05) is 13.6 Å². The first-order chi connectivity index (χ1) is 15.1. The quantitative estimate of drug-likeness (QED) is 0.712. The van der Waals surface area contributed by atoms with Gasteiger partial charge in [-0.2, -0.15) is 0 Å². The zero-order chi connectivity index (χ0) is 21.4. The summed E-state index contributed by atoms with van der Waals surface area (Å²) in [6.07, 6.45) is 8.44. The van der Waals surface area contributed by atoms with Gasteiger partial charge in [-0.1, -0.05) is 30.8 Å². The number of nitrogens with zero attached hydrogens (tertiary/aromatic N) is 2. The van der Waals surface area contributed by atoms with E-state index in [0.717, 1.165) is 44.5 Å². The predicted octanol–water partition coefficient (Wildman–Crippen LogP) is 3.37. The van der Waals surface area contributed by atoms with Crippen molar-refractivity contribution in [3.63, 3.8) is 0 Å². The SMILES string of the molecule is C=C1CC(N)CC(c2cccc3c2C[C@@H](CN(C)[C@H]2CCCc4cccnc42)NC3)N1. The average Bonchev–Trinajstić information content (AvgIpc) is 2.77. The molecule has 0 spiro atoms. The maximum atomic E-state index is 6.32. The smallest absolute Gasteiger partial charge is 0.0607 e. The summed E-state index contributed by atoms with van der Waals surface area (Å²) in [6, 6.07) is 12.4. The van der Waals surface area contributed by atoms with E-state index in [0.29, 0.717) is 12.1 Å². The molecule has 0 amide bonds. The summed E-state index contributed by atoms with van der Waals surface area (Å²) in [5.41, 5.74) is 14.4. The topological polar surface area (TPSA) is 66.2 Å². The van der Waals surface area contributed by atoms with E-state index >= 15 is 0 Å². The Balaban J connectivity index is 1.33. The number of hydrogen-bond acceptors (Lipinski definition) is 5. The lowest BCUT2D eigenvalue weighted by Crippen LogP contribution is -2.46. The summed E-state index contributed by atoms with van der Waals surface area (Å²) < 4.78 is 0. The van der Waals surface area contributed by atoms with Gasteiger partial charge in [-0.3, -0.25) is 9.88 Å². The number of fused-ring (bicyclic) bond motifs is 2. The van der Waals surface area contributed by atoms with Gasteiger partial charge in [0.05, 0.1) is 17.8 Å². The van der Waals surface area contributed by atoms with Crippen LogP contribution in [-0.2, 0) is 19.4 Å². The lowest BCUT2D eigenvalue weighted by atomic mass is 9.84. The number of piperidine rings is 1. The summed E-state index contributed by atoms with van der Waals surface area (Å²) in [4.78, 5) is 7.27. The standard InChI is InChI=1S/C26H35N5/c1-17-12-20(27)13-24(30-17)22-9-3-7-19-15-29-21(14-23(19)22)16-31(2)25-10-4-6-18-8-5-11-28-26(18)25/h3,5,7-9,11,20-21,24-25,29-30H,1,4,6,10,12-16,27H2,2H3/t20?,21-,24?,25-/m0/s1. The molecule has 164 valence electrons. The summed E-state index contributed by atoms with van der Waals surface area (Å²) in [5, 5.41) is 7.41. The second kappa shape index (κ2) is 8.73. The van der Waals surface area contributed by atoms with E-state index < -0.39 is 0 Å². The van der Waals surface area contributed by atoms with Gasteiger partial charge in [0.2, 0.25) is 0 Å². The molecule has 5 nitrogen and oxygen atoms in total. The number of nitrogens with two attached hydrogens (primary N) is 1. The number of pyridine rings is 1.